The summed E-state index contributed by atoms with van der Waals surface area (Å²) < 4.78 is 10.6. The van der Waals surface area contributed by atoms with Gasteiger partial charge in [0.1, 0.15) is 12.4 Å². The smallest absolute Gasteiger partial charge is 0.289 e. The number of ether oxygens (including phenoxy) is 1. The topological polar surface area (TPSA) is 42.7 Å². The lowest BCUT2D eigenvalue weighted by atomic mass is 10.3. The Morgan fingerprint density at radius 1 is 1.37 bits per heavy atom. The Kier molecular flexibility index (Phi) is 4.47. The van der Waals surface area contributed by atoms with Crippen LogP contribution in [0, 0.1) is 0 Å². The van der Waals surface area contributed by atoms with E-state index in [-0.39, 0.29) is 5.91 Å². The van der Waals surface area contributed by atoms with Crippen molar-refractivity contribution >= 4 is 17.5 Å². The fourth-order valence-corrected chi connectivity index (χ4v) is 1.73. The second kappa shape index (κ2) is 6.29. The molecule has 1 aromatic heterocycles. The molecular weight excluding hydrogens is 266 g/mol. The fourth-order valence-electron chi connectivity index (χ4n) is 1.55. The fraction of sp³-hybridized carbons (Fsp3) is 0.214. The minimum absolute atomic E-state index is 0.167. The highest BCUT2D eigenvalue weighted by Crippen LogP contribution is 2.16. The summed E-state index contributed by atoms with van der Waals surface area (Å²) in [4.78, 5) is 13.4. The average molecular weight is 280 g/mol. The van der Waals surface area contributed by atoms with E-state index in [2.05, 4.69) is 0 Å². The predicted octanol–water partition coefficient (Wildman–Crippen LogP) is 3.08. The Bertz CT molecular complexity index is 539. The molecule has 0 N–H and O–H groups in total. The standard InChI is InChI=1S/C14H14ClNO3/c1-16(14(17)13-6-3-8-19-13)7-9-18-12-5-2-4-11(15)10-12/h2-6,8,10H,7,9H2,1H3. The van der Waals surface area contributed by atoms with Crippen molar-refractivity contribution in [2.45, 2.75) is 0 Å². The van der Waals surface area contributed by atoms with E-state index >= 15 is 0 Å². The minimum atomic E-state index is -0.167. The van der Waals surface area contributed by atoms with Gasteiger partial charge in [-0.05, 0) is 30.3 Å². The van der Waals surface area contributed by atoms with Crippen LogP contribution in [-0.4, -0.2) is 31.0 Å². The number of halogens is 1. The highest BCUT2D eigenvalue weighted by molar-refractivity contribution is 6.30. The van der Waals surface area contributed by atoms with Crippen molar-refractivity contribution in [1.29, 1.82) is 0 Å². The molecule has 0 fully saturated rings. The van der Waals surface area contributed by atoms with Gasteiger partial charge < -0.3 is 14.1 Å². The summed E-state index contributed by atoms with van der Waals surface area (Å²) in [5.41, 5.74) is 0. The third-order valence-electron chi connectivity index (χ3n) is 2.57. The van der Waals surface area contributed by atoms with Crippen molar-refractivity contribution in [3.8, 4) is 5.75 Å². The van der Waals surface area contributed by atoms with Gasteiger partial charge in [-0.3, -0.25) is 4.79 Å². The van der Waals surface area contributed by atoms with Crippen LogP contribution >= 0.6 is 11.6 Å². The lowest BCUT2D eigenvalue weighted by Crippen LogP contribution is -2.30. The molecule has 1 aromatic carbocycles. The Balaban J connectivity index is 1.81. The maximum Gasteiger partial charge on any atom is 0.289 e. The molecule has 0 aliphatic heterocycles. The molecule has 0 radical (unpaired) electrons. The summed E-state index contributed by atoms with van der Waals surface area (Å²) in [5, 5.41) is 0.623. The number of benzene rings is 1. The molecule has 0 aliphatic rings. The third kappa shape index (κ3) is 3.76. The third-order valence-corrected chi connectivity index (χ3v) is 2.81. The van der Waals surface area contributed by atoms with E-state index in [0.29, 0.717) is 29.7 Å². The Morgan fingerprint density at radius 3 is 2.89 bits per heavy atom. The maximum atomic E-state index is 11.9. The van der Waals surface area contributed by atoms with E-state index in [1.807, 2.05) is 12.1 Å². The molecule has 0 saturated heterocycles. The predicted molar refractivity (Wildman–Crippen MR) is 72.6 cm³/mol. The normalized spacial score (nSPS) is 10.2. The lowest BCUT2D eigenvalue weighted by Gasteiger charge is -2.16. The van der Waals surface area contributed by atoms with Gasteiger partial charge in [-0.2, -0.15) is 0 Å². The largest absolute Gasteiger partial charge is 0.492 e. The summed E-state index contributed by atoms with van der Waals surface area (Å²) in [6.07, 6.45) is 1.48. The summed E-state index contributed by atoms with van der Waals surface area (Å²) in [6.45, 7) is 0.856. The van der Waals surface area contributed by atoms with Gasteiger partial charge in [-0.15, -0.1) is 0 Å². The van der Waals surface area contributed by atoms with Crippen molar-refractivity contribution < 1.29 is 13.9 Å². The van der Waals surface area contributed by atoms with Crippen LogP contribution in [0.1, 0.15) is 10.6 Å². The van der Waals surface area contributed by atoms with Crippen LogP contribution in [0.4, 0.5) is 0 Å². The number of carbonyl (C=O) groups excluding carboxylic acids is 1. The van der Waals surface area contributed by atoms with Gasteiger partial charge in [-0.25, -0.2) is 0 Å². The van der Waals surface area contributed by atoms with Crippen LogP contribution in [0.25, 0.3) is 0 Å². The molecule has 100 valence electrons. The molecule has 0 spiro atoms. The number of hydrogen-bond acceptors (Lipinski definition) is 3. The number of likely N-dealkylation sites (N-methyl/N-ethyl adjacent to an activating group) is 1. The summed E-state index contributed by atoms with van der Waals surface area (Å²) in [7, 11) is 1.70. The number of hydrogen-bond donors (Lipinski definition) is 0. The molecule has 2 rings (SSSR count). The van der Waals surface area contributed by atoms with Gasteiger partial charge in [0.15, 0.2) is 5.76 Å². The first-order chi connectivity index (χ1) is 9.16. The SMILES string of the molecule is CN(CCOc1cccc(Cl)c1)C(=O)c1ccco1. The molecule has 1 amide bonds. The van der Waals surface area contributed by atoms with Gasteiger partial charge in [-0.1, -0.05) is 17.7 Å². The van der Waals surface area contributed by atoms with E-state index in [4.69, 9.17) is 20.8 Å². The van der Waals surface area contributed by atoms with Crippen molar-refractivity contribution in [3.63, 3.8) is 0 Å². The van der Waals surface area contributed by atoms with E-state index in [9.17, 15) is 4.79 Å². The first kappa shape index (κ1) is 13.5. The number of nitrogens with zero attached hydrogens (tertiary/aromatic N) is 1. The molecule has 4 nitrogen and oxygen atoms in total. The first-order valence-corrected chi connectivity index (χ1v) is 6.22. The van der Waals surface area contributed by atoms with Crippen molar-refractivity contribution in [2.75, 3.05) is 20.2 Å². The van der Waals surface area contributed by atoms with Crippen LogP contribution in [0.5, 0.6) is 5.75 Å². The highest BCUT2D eigenvalue weighted by atomic mass is 35.5. The maximum absolute atomic E-state index is 11.9. The van der Waals surface area contributed by atoms with E-state index in [0.717, 1.165) is 0 Å². The Labute approximate surface area is 116 Å². The molecule has 5 heteroatoms. The molecule has 0 bridgehead atoms. The molecule has 1 heterocycles. The Hall–Kier alpha value is -1.94. The second-order valence-corrected chi connectivity index (χ2v) is 4.45. The van der Waals surface area contributed by atoms with Gasteiger partial charge in [0.05, 0.1) is 12.8 Å². The number of rotatable bonds is 5. The molecular formula is C14H14ClNO3. The Morgan fingerprint density at radius 2 is 2.21 bits per heavy atom. The molecule has 0 unspecified atom stereocenters. The van der Waals surface area contributed by atoms with Gasteiger partial charge >= 0.3 is 0 Å². The van der Waals surface area contributed by atoms with Crippen molar-refractivity contribution in [3.05, 3.63) is 53.4 Å². The van der Waals surface area contributed by atoms with E-state index in [1.54, 1.807) is 36.2 Å². The number of furan rings is 1. The zero-order chi connectivity index (χ0) is 13.7. The lowest BCUT2D eigenvalue weighted by molar-refractivity contribution is 0.0742. The van der Waals surface area contributed by atoms with Crippen LogP contribution in [0.2, 0.25) is 5.02 Å². The van der Waals surface area contributed by atoms with Crippen LogP contribution in [0.15, 0.2) is 47.1 Å². The van der Waals surface area contributed by atoms with Crippen LogP contribution < -0.4 is 4.74 Å². The molecule has 0 atom stereocenters. The zero-order valence-corrected chi connectivity index (χ0v) is 11.3. The van der Waals surface area contributed by atoms with Gasteiger partial charge in [0.2, 0.25) is 0 Å². The summed E-state index contributed by atoms with van der Waals surface area (Å²) >= 11 is 5.85. The second-order valence-electron chi connectivity index (χ2n) is 4.01. The van der Waals surface area contributed by atoms with E-state index in [1.165, 1.54) is 6.26 Å². The number of carbonyl (C=O) groups is 1. The van der Waals surface area contributed by atoms with Crippen molar-refractivity contribution in [1.82, 2.24) is 4.90 Å². The van der Waals surface area contributed by atoms with Gasteiger partial charge in [0, 0.05) is 12.1 Å². The molecule has 0 aliphatic carbocycles. The average Bonchev–Trinajstić information content (AvgIpc) is 2.91. The van der Waals surface area contributed by atoms with Crippen LogP contribution in [0.3, 0.4) is 0 Å². The number of amides is 1. The summed E-state index contributed by atoms with van der Waals surface area (Å²) in [5.74, 6) is 0.844. The molecule has 0 saturated carbocycles. The zero-order valence-electron chi connectivity index (χ0n) is 10.5. The van der Waals surface area contributed by atoms with E-state index < -0.39 is 0 Å². The summed E-state index contributed by atoms with van der Waals surface area (Å²) in [6, 6.07) is 10.5. The quantitative estimate of drug-likeness (QED) is 0.845. The minimum Gasteiger partial charge on any atom is -0.492 e. The molecule has 19 heavy (non-hydrogen) atoms. The monoisotopic (exact) mass is 279 g/mol. The molecule has 2 aromatic rings. The van der Waals surface area contributed by atoms with Gasteiger partial charge in [0.25, 0.3) is 5.91 Å². The van der Waals surface area contributed by atoms with Crippen LogP contribution in [-0.2, 0) is 0 Å². The van der Waals surface area contributed by atoms with Crippen molar-refractivity contribution in [2.24, 2.45) is 0 Å². The highest BCUT2D eigenvalue weighted by Gasteiger charge is 2.13. The first-order valence-electron chi connectivity index (χ1n) is 5.84.